The van der Waals surface area contributed by atoms with Crippen LogP contribution in [0.4, 0.5) is 0 Å². The van der Waals surface area contributed by atoms with E-state index in [4.69, 9.17) is 14.6 Å². The van der Waals surface area contributed by atoms with Crippen LogP contribution in [0.1, 0.15) is 11.5 Å². The van der Waals surface area contributed by atoms with Crippen LogP contribution in [0.3, 0.4) is 0 Å². The first-order chi connectivity index (χ1) is 9.88. The Bertz CT molecular complexity index is 497. The van der Waals surface area contributed by atoms with E-state index < -0.39 is 48.9 Å². The second-order valence-corrected chi connectivity index (χ2v) is 4.30. The average Bonchev–Trinajstić information content (AvgIpc) is 2.90. The molecule has 0 amide bonds. The summed E-state index contributed by atoms with van der Waals surface area (Å²) in [5.41, 5.74) is 0.238. The molecular formula is C12H15NO8. The van der Waals surface area contributed by atoms with E-state index >= 15 is 0 Å². The van der Waals surface area contributed by atoms with E-state index in [0.29, 0.717) is 0 Å². The molecule has 0 saturated heterocycles. The van der Waals surface area contributed by atoms with E-state index in [2.05, 4.69) is 5.32 Å². The molecule has 1 rings (SSSR count). The molecule has 9 nitrogen and oxygen atoms in total. The van der Waals surface area contributed by atoms with Gasteiger partial charge in [-0.15, -0.1) is 0 Å². The summed E-state index contributed by atoms with van der Waals surface area (Å²) in [6, 6.07) is -0.138. The number of carbonyl (C=O) groups is 3. The van der Waals surface area contributed by atoms with Crippen molar-refractivity contribution >= 4 is 17.9 Å². The van der Waals surface area contributed by atoms with Crippen molar-refractivity contribution in [2.75, 3.05) is 13.2 Å². The van der Waals surface area contributed by atoms with Gasteiger partial charge in [0.15, 0.2) is 0 Å². The number of carboxylic acid groups (broad SMARTS) is 3. The topological polar surface area (TPSA) is 157 Å². The highest BCUT2D eigenvalue weighted by Crippen LogP contribution is 2.29. The van der Waals surface area contributed by atoms with Crippen molar-refractivity contribution < 1.29 is 39.2 Å². The number of aliphatic hydroxyl groups excluding tert-OH is 1. The van der Waals surface area contributed by atoms with Gasteiger partial charge >= 0.3 is 17.9 Å². The zero-order valence-corrected chi connectivity index (χ0v) is 10.8. The Morgan fingerprint density at radius 3 is 2.24 bits per heavy atom. The van der Waals surface area contributed by atoms with Gasteiger partial charge in [-0.25, -0.2) is 0 Å². The van der Waals surface area contributed by atoms with Crippen molar-refractivity contribution in [3.8, 4) is 0 Å². The minimum absolute atomic E-state index is 0.238. The molecule has 5 N–H and O–H groups in total. The fourth-order valence-corrected chi connectivity index (χ4v) is 2.03. The molecule has 3 unspecified atom stereocenters. The van der Waals surface area contributed by atoms with E-state index in [1.807, 2.05) is 0 Å². The first-order valence-corrected chi connectivity index (χ1v) is 5.92. The molecule has 0 aromatic carbocycles. The molecule has 0 fully saturated rings. The Morgan fingerprint density at radius 2 is 1.86 bits per heavy atom. The van der Waals surface area contributed by atoms with Crippen LogP contribution in [0.5, 0.6) is 0 Å². The maximum atomic E-state index is 11.3. The van der Waals surface area contributed by atoms with Gasteiger partial charge in [-0.05, 0) is 11.6 Å². The number of hydrogen-bond acceptors (Lipinski definition) is 6. The molecule has 0 bridgehead atoms. The third kappa shape index (κ3) is 4.29. The van der Waals surface area contributed by atoms with Gasteiger partial charge in [0, 0.05) is 5.92 Å². The minimum atomic E-state index is -1.51. The summed E-state index contributed by atoms with van der Waals surface area (Å²) in [7, 11) is 0. The normalized spacial score (nSPS) is 15.1. The van der Waals surface area contributed by atoms with Gasteiger partial charge < -0.3 is 24.8 Å². The molecule has 3 atom stereocenters. The van der Waals surface area contributed by atoms with Crippen LogP contribution in [0.25, 0.3) is 0 Å². The Balaban J connectivity index is 3.15. The molecule has 0 spiro atoms. The number of aliphatic hydroxyl groups is 1. The Labute approximate surface area is 118 Å². The molecule has 21 heavy (non-hydrogen) atoms. The lowest BCUT2D eigenvalue weighted by molar-refractivity contribution is -0.146. The molecule has 0 aliphatic carbocycles. The number of carboxylic acids is 3. The fourth-order valence-electron chi connectivity index (χ4n) is 2.03. The van der Waals surface area contributed by atoms with Crippen LogP contribution in [-0.4, -0.2) is 57.5 Å². The van der Waals surface area contributed by atoms with E-state index in [-0.39, 0.29) is 5.56 Å². The predicted octanol–water partition coefficient (Wildman–Crippen LogP) is -0.816. The van der Waals surface area contributed by atoms with E-state index in [1.54, 1.807) is 0 Å². The van der Waals surface area contributed by atoms with Crippen LogP contribution in [-0.2, 0) is 14.4 Å². The predicted molar refractivity (Wildman–Crippen MR) is 66.7 cm³/mol. The molecule has 0 saturated carbocycles. The van der Waals surface area contributed by atoms with Crippen LogP contribution < -0.4 is 5.32 Å². The SMILES string of the molecule is O=C(O)CNC(C(=O)O)C(c1ccoc1)C(CO)C(=O)O. The van der Waals surface area contributed by atoms with Gasteiger partial charge in [0.2, 0.25) is 0 Å². The second-order valence-electron chi connectivity index (χ2n) is 4.30. The van der Waals surface area contributed by atoms with Gasteiger partial charge in [-0.2, -0.15) is 0 Å². The number of hydrogen-bond donors (Lipinski definition) is 5. The third-order valence-electron chi connectivity index (χ3n) is 2.97. The second kappa shape index (κ2) is 7.41. The van der Waals surface area contributed by atoms with Crippen LogP contribution in [0.15, 0.2) is 23.0 Å². The van der Waals surface area contributed by atoms with Crippen molar-refractivity contribution in [1.29, 1.82) is 0 Å². The number of aliphatic carboxylic acids is 3. The Kier molecular flexibility index (Phi) is 5.88. The standard InChI is InChI=1S/C12H15NO8/c14-4-7(11(17)18)9(6-1-2-21-5-6)10(12(19)20)13-3-8(15)16/h1-2,5,7,9-10,13-14H,3-4H2,(H,15,16)(H,17,18)(H,19,20). The summed E-state index contributed by atoms with van der Waals surface area (Å²) in [6.45, 7) is -1.47. The summed E-state index contributed by atoms with van der Waals surface area (Å²) in [5, 5.41) is 38.5. The third-order valence-corrected chi connectivity index (χ3v) is 2.97. The van der Waals surface area contributed by atoms with Gasteiger partial charge in [0.1, 0.15) is 6.04 Å². The zero-order valence-electron chi connectivity index (χ0n) is 10.8. The van der Waals surface area contributed by atoms with Gasteiger partial charge in [-0.3, -0.25) is 19.7 Å². The van der Waals surface area contributed by atoms with Crippen molar-refractivity contribution in [2.24, 2.45) is 5.92 Å². The molecule has 9 heteroatoms. The summed E-state index contributed by atoms with van der Waals surface area (Å²) in [4.78, 5) is 33.1. The average molecular weight is 301 g/mol. The Morgan fingerprint density at radius 1 is 1.19 bits per heavy atom. The quantitative estimate of drug-likeness (QED) is 0.393. The van der Waals surface area contributed by atoms with Gasteiger partial charge in [0.05, 0.1) is 31.6 Å². The highest BCUT2D eigenvalue weighted by molar-refractivity contribution is 5.79. The number of rotatable bonds is 9. The first kappa shape index (κ1) is 16.7. The molecule has 1 aromatic heterocycles. The van der Waals surface area contributed by atoms with Crippen molar-refractivity contribution in [2.45, 2.75) is 12.0 Å². The van der Waals surface area contributed by atoms with Crippen molar-refractivity contribution in [3.63, 3.8) is 0 Å². The first-order valence-electron chi connectivity index (χ1n) is 5.92. The van der Waals surface area contributed by atoms with E-state index in [9.17, 15) is 24.6 Å². The number of nitrogens with one attached hydrogen (secondary N) is 1. The minimum Gasteiger partial charge on any atom is -0.481 e. The molecule has 0 radical (unpaired) electrons. The lowest BCUT2D eigenvalue weighted by Gasteiger charge is -2.27. The van der Waals surface area contributed by atoms with Crippen LogP contribution in [0, 0.1) is 5.92 Å². The largest absolute Gasteiger partial charge is 0.481 e. The van der Waals surface area contributed by atoms with Crippen LogP contribution >= 0.6 is 0 Å². The highest BCUT2D eigenvalue weighted by atomic mass is 16.4. The zero-order chi connectivity index (χ0) is 16.0. The van der Waals surface area contributed by atoms with Crippen LogP contribution in [0.2, 0.25) is 0 Å². The van der Waals surface area contributed by atoms with E-state index in [1.165, 1.54) is 12.3 Å². The van der Waals surface area contributed by atoms with Crippen molar-refractivity contribution in [1.82, 2.24) is 5.32 Å². The summed E-state index contributed by atoms with van der Waals surface area (Å²) < 4.78 is 4.81. The summed E-state index contributed by atoms with van der Waals surface area (Å²) in [6.07, 6.45) is 2.39. The lowest BCUT2D eigenvalue weighted by Crippen LogP contribution is -2.48. The molecule has 1 aromatic rings. The fraction of sp³-hybridized carbons (Fsp3) is 0.417. The molecular weight excluding hydrogens is 286 g/mol. The Hall–Kier alpha value is -2.39. The molecule has 116 valence electrons. The smallest absolute Gasteiger partial charge is 0.321 e. The summed E-state index contributed by atoms with van der Waals surface area (Å²) in [5.74, 6) is -6.73. The maximum absolute atomic E-state index is 11.3. The lowest BCUT2D eigenvalue weighted by atomic mass is 9.81. The van der Waals surface area contributed by atoms with Gasteiger partial charge in [0.25, 0.3) is 0 Å². The molecule has 0 aliphatic rings. The number of furan rings is 1. The maximum Gasteiger partial charge on any atom is 0.321 e. The van der Waals surface area contributed by atoms with Gasteiger partial charge in [-0.1, -0.05) is 0 Å². The molecule has 0 aliphatic heterocycles. The van der Waals surface area contributed by atoms with Crippen molar-refractivity contribution in [3.05, 3.63) is 24.2 Å². The van der Waals surface area contributed by atoms with E-state index in [0.717, 1.165) is 6.26 Å². The molecule has 1 heterocycles. The monoisotopic (exact) mass is 301 g/mol. The summed E-state index contributed by atoms with van der Waals surface area (Å²) >= 11 is 0. The highest BCUT2D eigenvalue weighted by Gasteiger charge is 2.39.